The van der Waals surface area contributed by atoms with E-state index in [4.69, 9.17) is 5.11 Å². The molecule has 0 aromatic rings. The summed E-state index contributed by atoms with van der Waals surface area (Å²) < 4.78 is 25.2. The number of alkyl halides is 2. The molecule has 0 spiro atoms. The van der Waals surface area contributed by atoms with Crippen molar-refractivity contribution in [3.63, 3.8) is 0 Å². The van der Waals surface area contributed by atoms with E-state index >= 15 is 0 Å². The summed E-state index contributed by atoms with van der Waals surface area (Å²) in [6.07, 6.45) is 1.61. The second-order valence-corrected chi connectivity index (χ2v) is 3.78. The first kappa shape index (κ1) is 12.3. The van der Waals surface area contributed by atoms with E-state index in [-0.39, 0.29) is 11.8 Å². The van der Waals surface area contributed by atoms with Crippen LogP contribution in [0, 0.1) is 5.92 Å². The maximum absolute atomic E-state index is 12.6. The minimum absolute atomic E-state index is 0.228. The van der Waals surface area contributed by atoms with E-state index in [0.717, 1.165) is 19.4 Å². The van der Waals surface area contributed by atoms with Crippen LogP contribution >= 0.6 is 0 Å². The third kappa shape index (κ3) is 4.09. The van der Waals surface area contributed by atoms with Crippen molar-refractivity contribution < 1.29 is 18.7 Å². The molecule has 15 heavy (non-hydrogen) atoms. The lowest BCUT2D eigenvalue weighted by Crippen LogP contribution is -2.45. The molecule has 1 atom stereocenters. The molecule has 1 saturated heterocycles. The highest BCUT2D eigenvalue weighted by Gasteiger charge is 2.30. The molecule has 1 rings (SSSR count). The lowest BCUT2D eigenvalue weighted by atomic mass is 9.99. The Morgan fingerprint density at radius 1 is 1.60 bits per heavy atom. The lowest BCUT2D eigenvalue weighted by molar-refractivity contribution is -0.128. The van der Waals surface area contributed by atoms with Crippen molar-refractivity contribution in [1.29, 1.82) is 0 Å². The van der Waals surface area contributed by atoms with Crippen molar-refractivity contribution in [3.05, 3.63) is 0 Å². The van der Waals surface area contributed by atoms with Crippen molar-refractivity contribution in [1.82, 2.24) is 10.6 Å². The summed E-state index contributed by atoms with van der Waals surface area (Å²) in [7, 11) is 0. The highest BCUT2D eigenvalue weighted by atomic mass is 19.3. The normalized spacial score (nSPS) is 22.5. The molecule has 0 aromatic carbocycles. The van der Waals surface area contributed by atoms with Gasteiger partial charge in [-0.25, -0.2) is 8.78 Å². The standard InChI is InChI=1S/C9H16F2N2O2/c10-9(11,6-14)5-13-8(15)7-2-1-3-12-4-7/h7,12,14H,1-6H2,(H,13,15)/t7-/m1/s1. The van der Waals surface area contributed by atoms with Gasteiger partial charge in [0.25, 0.3) is 5.92 Å². The van der Waals surface area contributed by atoms with Gasteiger partial charge in [-0.15, -0.1) is 0 Å². The third-order valence-corrected chi connectivity index (χ3v) is 2.42. The van der Waals surface area contributed by atoms with Gasteiger partial charge in [0.05, 0.1) is 12.5 Å². The fourth-order valence-electron chi connectivity index (χ4n) is 1.49. The Balaban J connectivity index is 2.28. The highest BCUT2D eigenvalue weighted by molar-refractivity contribution is 5.79. The predicted octanol–water partition coefficient (Wildman–Crippen LogP) is -0.270. The van der Waals surface area contributed by atoms with Crippen LogP contribution in [0.5, 0.6) is 0 Å². The fraction of sp³-hybridized carbons (Fsp3) is 0.889. The van der Waals surface area contributed by atoms with Gasteiger partial charge in [-0.1, -0.05) is 0 Å². The average molecular weight is 222 g/mol. The molecule has 0 bridgehead atoms. The first-order chi connectivity index (χ1) is 7.05. The van der Waals surface area contributed by atoms with Crippen molar-refractivity contribution in [2.24, 2.45) is 5.92 Å². The number of nitrogens with one attached hydrogen (secondary N) is 2. The van der Waals surface area contributed by atoms with E-state index in [0.29, 0.717) is 6.54 Å². The molecular formula is C9H16F2N2O2. The van der Waals surface area contributed by atoms with Gasteiger partial charge in [0.2, 0.25) is 5.91 Å². The maximum Gasteiger partial charge on any atom is 0.287 e. The maximum atomic E-state index is 12.6. The smallest absolute Gasteiger partial charge is 0.287 e. The Labute approximate surface area is 87.0 Å². The summed E-state index contributed by atoms with van der Waals surface area (Å²) in [4.78, 5) is 11.4. The number of hydrogen-bond acceptors (Lipinski definition) is 3. The van der Waals surface area contributed by atoms with Crippen molar-refractivity contribution in [3.8, 4) is 0 Å². The molecule has 1 aliphatic rings. The van der Waals surface area contributed by atoms with Crippen molar-refractivity contribution in [2.45, 2.75) is 18.8 Å². The van der Waals surface area contributed by atoms with Gasteiger partial charge in [0.1, 0.15) is 6.61 Å². The molecule has 0 saturated carbocycles. The van der Waals surface area contributed by atoms with Crippen LogP contribution in [0.15, 0.2) is 0 Å². The van der Waals surface area contributed by atoms with Crippen LogP contribution < -0.4 is 10.6 Å². The number of rotatable bonds is 4. The lowest BCUT2D eigenvalue weighted by Gasteiger charge is -2.23. The number of amides is 1. The molecule has 3 N–H and O–H groups in total. The van der Waals surface area contributed by atoms with Gasteiger partial charge >= 0.3 is 0 Å². The number of aliphatic hydroxyl groups is 1. The number of halogens is 2. The Morgan fingerprint density at radius 3 is 2.87 bits per heavy atom. The van der Waals surface area contributed by atoms with Gasteiger partial charge in [0, 0.05) is 6.54 Å². The minimum atomic E-state index is -3.22. The number of carbonyl (C=O) groups excluding carboxylic acids is 1. The summed E-state index contributed by atoms with van der Waals surface area (Å²) in [6, 6.07) is 0. The van der Waals surface area contributed by atoms with Gasteiger partial charge in [0.15, 0.2) is 0 Å². The Hall–Kier alpha value is -0.750. The van der Waals surface area contributed by atoms with E-state index in [9.17, 15) is 13.6 Å². The zero-order chi connectivity index (χ0) is 11.3. The Kier molecular flexibility index (Phi) is 4.41. The van der Waals surface area contributed by atoms with Crippen LogP contribution in [0.4, 0.5) is 8.78 Å². The third-order valence-electron chi connectivity index (χ3n) is 2.42. The second kappa shape index (κ2) is 5.37. The minimum Gasteiger partial charge on any atom is -0.390 e. The molecular weight excluding hydrogens is 206 g/mol. The highest BCUT2D eigenvalue weighted by Crippen LogP contribution is 2.12. The van der Waals surface area contributed by atoms with Crippen LogP contribution in [0.25, 0.3) is 0 Å². The first-order valence-corrected chi connectivity index (χ1v) is 5.02. The zero-order valence-corrected chi connectivity index (χ0v) is 8.43. The number of aliphatic hydroxyl groups excluding tert-OH is 1. The number of piperidine rings is 1. The van der Waals surface area contributed by atoms with Gasteiger partial charge < -0.3 is 15.7 Å². The quantitative estimate of drug-likeness (QED) is 0.613. The largest absolute Gasteiger partial charge is 0.390 e. The summed E-state index contributed by atoms with van der Waals surface area (Å²) in [5, 5.41) is 13.5. The van der Waals surface area contributed by atoms with E-state index in [1.807, 2.05) is 0 Å². The van der Waals surface area contributed by atoms with Gasteiger partial charge in [-0.2, -0.15) is 0 Å². The van der Waals surface area contributed by atoms with E-state index < -0.39 is 19.1 Å². The topological polar surface area (TPSA) is 61.4 Å². The van der Waals surface area contributed by atoms with Crippen LogP contribution in [0.3, 0.4) is 0 Å². The second-order valence-electron chi connectivity index (χ2n) is 3.78. The monoisotopic (exact) mass is 222 g/mol. The molecule has 4 nitrogen and oxygen atoms in total. The average Bonchev–Trinajstić information content (AvgIpc) is 2.27. The predicted molar refractivity (Wildman–Crippen MR) is 50.6 cm³/mol. The van der Waals surface area contributed by atoms with Crippen molar-refractivity contribution in [2.75, 3.05) is 26.2 Å². The summed E-state index contributed by atoms with van der Waals surface area (Å²) >= 11 is 0. The molecule has 1 aliphatic heterocycles. The molecule has 1 amide bonds. The number of carbonyl (C=O) groups is 1. The van der Waals surface area contributed by atoms with E-state index in [1.165, 1.54) is 0 Å². The molecule has 88 valence electrons. The molecule has 1 fully saturated rings. The summed E-state index contributed by atoms with van der Waals surface area (Å²) in [5.41, 5.74) is 0. The summed E-state index contributed by atoms with van der Waals surface area (Å²) in [6.45, 7) is -0.623. The molecule has 0 aromatic heterocycles. The van der Waals surface area contributed by atoms with Crippen LogP contribution in [-0.4, -0.2) is 43.2 Å². The Bertz CT molecular complexity index is 218. The van der Waals surface area contributed by atoms with Gasteiger partial charge in [-0.3, -0.25) is 4.79 Å². The SMILES string of the molecule is O=C(NCC(F)(F)CO)[C@@H]1CCCNC1. The molecule has 0 aliphatic carbocycles. The van der Waals surface area contributed by atoms with E-state index in [2.05, 4.69) is 10.6 Å². The first-order valence-electron chi connectivity index (χ1n) is 5.02. The fourth-order valence-corrected chi connectivity index (χ4v) is 1.49. The summed E-state index contributed by atoms with van der Waals surface area (Å²) in [5.74, 6) is -3.82. The van der Waals surface area contributed by atoms with Crippen LogP contribution in [0.1, 0.15) is 12.8 Å². The van der Waals surface area contributed by atoms with Gasteiger partial charge in [-0.05, 0) is 19.4 Å². The molecule has 6 heteroatoms. The molecule has 0 radical (unpaired) electrons. The molecule has 1 heterocycles. The van der Waals surface area contributed by atoms with E-state index in [1.54, 1.807) is 0 Å². The number of hydrogen-bond donors (Lipinski definition) is 3. The van der Waals surface area contributed by atoms with Crippen LogP contribution in [0.2, 0.25) is 0 Å². The van der Waals surface area contributed by atoms with Crippen molar-refractivity contribution >= 4 is 5.91 Å². The molecule has 0 unspecified atom stereocenters. The van der Waals surface area contributed by atoms with Crippen LogP contribution in [-0.2, 0) is 4.79 Å². The zero-order valence-electron chi connectivity index (χ0n) is 8.43. The Morgan fingerprint density at radius 2 is 2.33 bits per heavy atom.